The van der Waals surface area contributed by atoms with Crippen LogP contribution in [0.3, 0.4) is 0 Å². The summed E-state index contributed by atoms with van der Waals surface area (Å²) in [4.78, 5) is 29.9. The number of nitrogens with zero attached hydrogens (tertiary/aromatic N) is 2. The molecule has 0 aliphatic rings. The van der Waals surface area contributed by atoms with Crippen LogP contribution < -0.4 is 10.6 Å². The molecule has 0 aliphatic heterocycles. The fraction of sp³-hybridized carbons (Fsp3) is 0.190. The highest BCUT2D eigenvalue weighted by Crippen LogP contribution is 2.25. The van der Waals surface area contributed by atoms with Gasteiger partial charge in [-0.25, -0.2) is 4.98 Å². The highest BCUT2D eigenvalue weighted by atomic mass is 32.2. The Bertz CT molecular complexity index is 1000. The van der Waals surface area contributed by atoms with E-state index in [0.717, 1.165) is 16.2 Å². The number of benzene rings is 2. The summed E-state index contributed by atoms with van der Waals surface area (Å²) in [6.07, 6.45) is 0. The van der Waals surface area contributed by atoms with Crippen molar-refractivity contribution < 1.29 is 9.59 Å². The van der Waals surface area contributed by atoms with Crippen molar-refractivity contribution in [2.45, 2.75) is 11.8 Å². The fourth-order valence-corrected chi connectivity index (χ4v) is 4.00. The average molecular weight is 427 g/mol. The molecule has 1 aromatic heterocycles. The quantitative estimate of drug-likeness (QED) is 0.558. The van der Waals surface area contributed by atoms with Gasteiger partial charge in [0.1, 0.15) is 0 Å². The second kappa shape index (κ2) is 9.69. The van der Waals surface area contributed by atoms with Crippen LogP contribution >= 0.6 is 23.3 Å². The summed E-state index contributed by atoms with van der Waals surface area (Å²) in [5, 5.41) is 7.78. The highest BCUT2D eigenvalue weighted by molar-refractivity contribution is 7.97. The van der Waals surface area contributed by atoms with Gasteiger partial charge in [0.25, 0.3) is 5.91 Å². The van der Waals surface area contributed by atoms with Gasteiger partial charge in [-0.2, -0.15) is 0 Å². The third-order valence-electron chi connectivity index (χ3n) is 3.89. The number of rotatable bonds is 7. The first-order valence-corrected chi connectivity index (χ1v) is 10.6. The summed E-state index contributed by atoms with van der Waals surface area (Å²) in [5.41, 5.74) is 3.50. The molecule has 2 amide bonds. The van der Waals surface area contributed by atoms with Crippen LogP contribution in [-0.2, 0) is 4.79 Å². The Labute approximate surface area is 178 Å². The van der Waals surface area contributed by atoms with Crippen molar-refractivity contribution in [3.05, 3.63) is 65.0 Å². The molecule has 3 rings (SSSR count). The number of hydrogen-bond acceptors (Lipinski definition) is 6. The van der Waals surface area contributed by atoms with Crippen LogP contribution in [0, 0.1) is 6.92 Å². The minimum atomic E-state index is -0.318. The lowest BCUT2D eigenvalue weighted by Crippen LogP contribution is -2.32. The van der Waals surface area contributed by atoms with E-state index in [2.05, 4.69) is 15.6 Å². The molecule has 0 spiro atoms. The molecule has 0 radical (unpaired) electrons. The van der Waals surface area contributed by atoms with Crippen molar-refractivity contribution in [1.29, 1.82) is 0 Å². The molecule has 150 valence electrons. The SMILES string of the molecule is Cc1ccc(-c2csc(NC(=O)CNC(=O)c3cccc(SN(C)C)c3)n2)cc1. The molecule has 0 bridgehead atoms. The lowest BCUT2D eigenvalue weighted by Gasteiger charge is -2.10. The van der Waals surface area contributed by atoms with Crippen molar-refractivity contribution in [3.8, 4) is 11.3 Å². The zero-order chi connectivity index (χ0) is 20.8. The van der Waals surface area contributed by atoms with Crippen LogP contribution in [0.2, 0.25) is 0 Å². The summed E-state index contributed by atoms with van der Waals surface area (Å²) in [6, 6.07) is 15.3. The first-order valence-electron chi connectivity index (χ1n) is 8.96. The molecule has 2 N–H and O–H groups in total. The molecular formula is C21H22N4O2S2. The monoisotopic (exact) mass is 426 g/mol. The number of aryl methyl sites for hydroxylation is 1. The van der Waals surface area contributed by atoms with E-state index in [1.165, 1.54) is 28.8 Å². The van der Waals surface area contributed by atoms with Crippen LogP contribution in [0.4, 0.5) is 5.13 Å². The summed E-state index contributed by atoms with van der Waals surface area (Å²) in [6.45, 7) is 1.91. The Morgan fingerprint density at radius 3 is 2.62 bits per heavy atom. The Kier molecular flexibility index (Phi) is 7.03. The lowest BCUT2D eigenvalue weighted by atomic mass is 10.1. The zero-order valence-corrected chi connectivity index (χ0v) is 18.1. The Hall–Kier alpha value is -2.68. The van der Waals surface area contributed by atoms with Gasteiger partial charge in [0.05, 0.1) is 12.2 Å². The van der Waals surface area contributed by atoms with Gasteiger partial charge in [-0.15, -0.1) is 11.3 Å². The molecule has 0 saturated heterocycles. The molecule has 29 heavy (non-hydrogen) atoms. The molecule has 1 heterocycles. The molecule has 0 unspecified atom stereocenters. The van der Waals surface area contributed by atoms with Gasteiger partial charge in [-0.05, 0) is 51.2 Å². The summed E-state index contributed by atoms with van der Waals surface area (Å²) < 4.78 is 1.95. The number of carbonyl (C=O) groups is 2. The smallest absolute Gasteiger partial charge is 0.251 e. The minimum absolute atomic E-state index is 0.122. The normalized spacial score (nSPS) is 10.8. The number of thiazole rings is 1. The predicted molar refractivity (Wildman–Crippen MR) is 119 cm³/mol. The van der Waals surface area contributed by atoms with E-state index in [1.54, 1.807) is 12.1 Å². The summed E-state index contributed by atoms with van der Waals surface area (Å²) in [7, 11) is 3.87. The largest absolute Gasteiger partial charge is 0.343 e. The van der Waals surface area contributed by atoms with Crippen LogP contribution in [0.25, 0.3) is 11.3 Å². The van der Waals surface area contributed by atoms with Crippen molar-refractivity contribution in [1.82, 2.24) is 14.6 Å². The van der Waals surface area contributed by atoms with Crippen LogP contribution in [0.15, 0.2) is 58.8 Å². The first-order chi connectivity index (χ1) is 13.9. The minimum Gasteiger partial charge on any atom is -0.343 e. The molecule has 8 heteroatoms. The third-order valence-corrected chi connectivity index (χ3v) is 5.48. The lowest BCUT2D eigenvalue weighted by molar-refractivity contribution is -0.115. The van der Waals surface area contributed by atoms with Crippen molar-refractivity contribution in [3.63, 3.8) is 0 Å². The molecular weight excluding hydrogens is 404 g/mol. The number of nitrogens with one attached hydrogen (secondary N) is 2. The number of anilines is 1. The number of carbonyl (C=O) groups excluding carboxylic acids is 2. The van der Waals surface area contributed by atoms with Crippen molar-refractivity contribution in [2.75, 3.05) is 26.0 Å². The van der Waals surface area contributed by atoms with Gasteiger partial charge in [-0.1, -0.05) is 35.9 Å². The van der Waals surface area contributed by atoms with E-state index in [4.69, 9.17) is 0 Å². The maximum atomic E-state index is 12.3. The van der Waals surface area contributed by atoms with Crippen molar-refractivity contribution in [2.24, 2.45) is 0 Å². The van der Waals surface area contributed by atoms with Gasteiger partial charge < -0.3 is 10.6 Å². The number of hydrogen-bond donors (Lipinski definition) is 2. The second-order valence-corrected chi connectivity index (χ2v) is 8.81. The summed E-state index contributed by atoms with van der Waals surface area (Å²) >= 11 is 2.88. The molecule has 0 fully saturated rings. The zero-order valence-electron chi connectivity index (χ0n) is 16.4. The first kappa shape index (κ1) is 21.0. The summed E-state index contributed by atoms with van der Waals surface area (Å²) in [5.74, 6) is -0.609. The van der Waals surface area contributed by atoms with Crippen LogP contribution in [-0.4, -0.2) is 41.7 Å². The van der Waals surface area contributed by atoms with E-state index in [0.29, 0.717) is 10.7 Å². The Morgan fingerprint density at radius 2 is 1.90 bits per heavy atom. The molecule has 0 atom stereocenters. The number of amides is 2. The molecule has 0 aliphatic carbocycles. The van der Waals surface area contributed by atoms with Crippen molar-refractivity contribution >= 4 is 40.2 Å². The van der Waals surface area contributed by atoms with Crippen LogP contribution in [0.5, 0.6) is 0 Å². The molecule has 6 nitrogen and oxygen atoms in total. The maximum absolute atomic E-state index is 12.3. The molecule has 3 aromatic rings. The molecule has 2 aromatic carbocycles. The highest BCUT2D eigenvalue weighted by Gasteiger charge is 2.11. The average Bonchev–Trinajstić information content (AvgIpc) is 3.14. The van der Waals surface area contributed by atoms with Gasteiger partial charge in [0.15, 0.2) is 5.13 Å². The van der Waals surface area contributed by atoms with Gasteiger partial charge in [0.2, 0.25) is 5.91 Å². The predicted octanol–water partition coefficient (Wildman–Crippen LogP) is 4.06. The number of aromatic nitrogens is 1. The van der Waals surface area contributed by atoms with Gasteiger partial charge in [0, 0.05) is 21.4 Å². The topological polar surface area (TPSA) is 74.3 Å². The maximum Gasteiger partial charge on any atom is 0.251 e. The molecule has 0 saturated carbocycles. The Balaban J connectivity index is 1.54. The fourth-order valence-electron chi connectivity index (χ4n) is 2.52. The standard InChI is InChI=1S/C21H22N4O2S2/c1-14-7-9-15(10-8-14)18-13-28-21(23-18)24-19(26)12-22-20(27)16-5-4-6-17(11-16)29-25(2)3/h4-11,13H,12H2,1-3H3,(H,22,27)(H,23,24,26). The van der Waals surface area contributed by atoms with Crippen LogP contribution in [0.1, 0.15) is 15.9 Å². The second-order valence-electron chi connectivity index (χ2n) is 6.57. The van der Waals surface area contributed by atoms with E-state index < -0.39 is 0 Å². The van der Waals surface area contributed by atoms with Gasteiger partial charge >= 0.3 is 0 Å². The van der Waals surface area contributed by atoms with Gasteiger partial charge in [-0.3, -0.25) is 13.9 Å². The van der Waals surface area contributed by atoms with E-state index in [9.17, 15) is 9.59 Å². The Morgan fingerprint density at radius 1 is 1.14 bits per heavy atom. The third kappa shape index (κ3) is 6.15. The van der Waals surface area contributed by atoms with E-state index >= 15 is 0 Å². The van der Waals surface area contributed by atoms with E-state index in [1.807, 2.05) is 67.1 Å². The van der Waals surface area contributed by atoms with E-state index in [-0.39, 0.29) is 18.4 Å².